The topological polar surface area (TPSA) is 72.1 Å². The van der Waals surface area contributed by atoms with Gasteiger partial charge in [0.25, 0.3) is 5.91 Å². The van der Waals surface area contributed by atoms with Gasteiger partial charge in [-0.05, 0) is 12.5 Å². The van der Waals surface area contributed by atoms with Crippen LogP contribution in [0.2, 0.25) is 0 Å². The summed E-state index contributed by atoms with van der Waals surface area (Å²) in [7, 11) is 0. The van der Waals surface area contributed by atoms with Gasteiger partial charge in [0, 0.05) is 13.1 Å². The molecule has 1 heterocycles. The highest BCUT2D eigenvalue weighted by Crippen LogP contribution is 2.15. The number of aromatic nitrogens is 2. The largest absolute Gasteiger partial charge is 0.374 e. The summed E-state index contributed by atoms with van der Waals surface area (Å²) in [6.45, 7) is 3.12. The first kappa shape index (κ1) is 12.5. The molecule has 5 nitrogen and oxygen atoms in total. The molecular weight excluding hydrogens is 248 g/mol. The van der Waals surface area contributed by atoms with Gasteiger partial charge in [-0.25, -0.2) is 0 Å². The van der Waals surface area contributed by atoms with Crippen LogP contribution in [0.3, 0.4) is 0 Å². The van der Waals surface area contributed by atoms with Gasteiger partial charge in [-0.15, -0.1) is 10.2 Å². The lowest BCUT2D eigenvalue weighted by molar-refractivity contribution is 0.0751. The molecule has 0 saturated heterocycles. The Labute approximate surface area is 109 Å². The van der Waals surface area contributed by atoms with E-state index in [9.17, 15) is 4.79 Å². The van der Waals surface area contributed by atoms with Crippen molar-refractivity contribution in [2.75, 3.05) is 12.3 Å². The lowest BCUT2D eigenvalue weighted by atomic mass is 10.2. The Morgan fingerprint density at radius 3 is 2.61 bits per heavy atom. The van der Waals surface area contributed by atoms with Gasteiger partial charge in [0.05, 0.1) is 0 Å². The highest BCUT2D eigenvalue weighted by Gasteiger charge is 2.18. The molecular formula is C12H14N4OS. The number of hydrogen-bond donors (Lipinski definition) is 1. The van der Waals surface area contributed by atoms with Crippen LogP contribution in [0.5, 0.6) is 0 Å². The third-order valence-corrected chi connectivity index (χ3v) is 3.25. The minimum Gasteiger partial charge on any atom is -0.374 e. The molecule has 0 spiro atoms. The number of carbonyl (C=O) groups is 1. The van der Waals surface area contributed by atoms with E-state index in [0.29, 0.717) is 23.2 Å². The van der Waals surface area contributed by atoms with Crippen molar-refractivity contribution in [3.05, 3.63) is 40.9 Å². The van der Waals surface area contributed by atoms with E-state index in [1.54, 1.807) is 4.90 Å². The minimum absolute atomic E-state index is 0.129. The van der Waals surface area contributed by atoms with Gasteiger partial charge in [0.2, 0.25) is 10.1 Å². The second kappa shape index (κ2) is 5.59. The minimum atomic E-state index is -0.129. The van der Waals surface area contributed by atoms with Crippen LogP contribution in [-0.2, 0) is 6.54 Å². The smallest absolute Gasteiger partial charge is 0.285 e. The summed E-state index contributed by atoms with van der Waals surface area (Å²) in [4.78, 5) is 13.9. The average Bonchev–Trinajstić information content (AvgIpc) is 2.83. The van der Waals surface area contributed by atoms with Crippen molar-refractivity contribution < 1.29 is 4.79 Å². The van der Waals surface area contributed by atoms with Crippen molar-refractivity contribution in [3.8, 4) is 0 Å². The summed E-state index contributed by atoms with van der Waals surface area (Å²) >= 11 is 1.11. The van der Waals surface area contributed by atoms with Crippen LogP contribution in [0.1, 0.15) is 22.3 Å². The Hall–Kier alpha value is -1.95. The molecule has 6 heteroatoms. The van der Waals surface area contributed by atoms with Crippen LogP contribution in [0.25, 0.3) is 0 Å². The summed E-state index contributed by atoms with van der Waals surface area (Å²) < 4.78 is 0. The maximum absolute atomic E-state index is 12.2. The molecule has 0 atom stereocenters. The predicted molar refractivity (Wildman–Crippen MR) is 71.2 cm³/mol. The van der Waals surface area contributed by atoms with E-state index in [-0.39, 0.29) is 5.91 Å². The Kier molecular flexibility index (Phi) is 3.88. The Balaban J connectivity index is 2.12. The molecule has 18 heavy (non-hydrogen) atoms. The van der Waals surface area contributed by atoms with Gasteiger partial charge in [-0.1, -0.05) is 41.7 Å². The molecule has 1 amide bonds. The van der Waals surface area contributed by atoms with Gasteiger partial charge >= 0.3 is 0 Å². The predicted octanol–water partition coefficient (Wildman–Crippen LogP) is 1.78. The quantitative estimate of drug-likeness (QED) is 0.911. The fraction of sp³-hybridized carbons (Fsp3) is 0.250. The lowest BCUT2D eigenvalue weighted by Gasteiger charge is -2.19. The number of anilines is 1. The normalized spacial score (nSPS) is 10.3. The first-order valence-electron chi connectivity index (χ1n) is 5.63. The van der Waals surface area contributed by atoms with Crippen molar-refractivity contribution in [1.82, 2.24) is 15.1 Å². The molecule has 0 fully saturated rings. The molecule has 94 valence electrons. The highest BCUT2D eigenvalue weighted by atomic mass is 32.1. The Bertz CT molecular complexity index is 526. The highest BCUT2D eigenvalue weighted by molar-refractivity contribution is 7.16. The van der Waals surface area contributed by atoms with Crippen LogP contribution in [-0.4, -0.2) is 27.5 Å². The third kappa shape index (κ3) is 2.84. The van der Waals surface area contributed by atoms with E-state index in [1.165, 1.54) is 0 Å². The van der Waals surface area contributed by atoms with Gasteiger partial charge in [-0.2, -0.15) is 0 Å². The van der Waals surface area contributed by atoms with E-state index in [0.717, 1.165) is 16.9 Å². The van der Waals surface area contributed by atoms with Gasteiger partial charge < -0.3 is 10.6 Å². The van der Waals surface area contributed by atoms with Gasteiger partial charge in [0.15, 0.2) is 0 Å². The zero-order valence-electron chi connectivity index (χ0n) is 10.0. The van der Waals surface area contributed by atoms with Crippen molar-refractivity contribution in [2.45, 2.75) is 13.5 Å². The molecule has 2 aromatic rings. The fourth-order valence-corrected chi connectivity index (χ4v) is 2.17. The van der Waals surface area contributed by atoms with Crippen LogP contribution in [0.4, 0.5) is 5.13 Å². The number of nitrogens with two attached hydrogens (primary N) is 1. The molecule has 0 aliphatic carbocycles. The van der Waals surface area contributed by atoms with Crippen LogP contribution < -0.4 is 5.73 Å². The summed E-state index contributed by atoms with van der Waals surface area (Å²) in [6, 6.07) is 9.84. The van der Waals surface area contributed by atoms with E-state index in [4.69, 9.17) is 5.73 Å². The molecule has 1 aromatic heterocycles. The fourth-order valence-electron chi connectivity index (χ4n) is 1.59. The standard InChI is InChI=1S/C12H14N4OS/c1-2-16(8-9-6-4-3-5-7-9)11(17)10-14-15-12(13)18-10/h3-7H,2,8H2,1H3,(H2,13,15). The molecule has 0 aliphatic heterocycles. The third-order valence-electron chi connectivity index (χ3n) is 2.51. The summed E-state index contributed by atoms with van der Waals surface area (Å²) in [5, 5.41) is 8.09. The van der Waals surface area contributed by atoms with E-state index in [2.05, 4.69) is 10.2 Å². The SMILES string of the molecule is CCN(Cc1ccccc1)C(=O)c1nnc(N)s1. The molecule has 0 radical (unpaired) electrons. The Morgan fingerprint density at radius 2 is 2.06 bits per heavy atom. The molecule has 2 rings (SSSR count). The molecule has 1 aromatic carbocycles. The second-order valence-corrected chi connectivity index (χ2v) is 4.76. The first-order chi connectivity index (χ1) is 8.70. The maximum Gasteiger partial charge on any atom is 0.285 e. The number of hydrogen-bond acceptors (Lipinski definition) is 5. The number of nitrogens with zero attached hydrogens (tertiary/aromatic N) is 3. The number of nitrogen functional groups attached to an aromatic ring is 1. The van der Waals surface area contributed by atoms with Crippen LogP contribution in [0.15, 0.2) is 30.3 Å². The monoisotopic (exact) mass is 262 g/mol. The van der Waals surface area contributed by atoms with Gasteiger partial charge in [-0.3, -0.25) is 4.79 Å². The van der Waals surface area contributed by atoms with Crippen molar-refractivity contribution in [1.29, 1.82) is 0 Å². The van der Waals surface area contributed by atoms with E-state index < -0.39 is 0 Å². The van der Waals surface area contributed by atoms with Crippen molar-refractivity contribution >= 4 is 22.4 Å². The molecule has 0 bridgehead atoms. The first-order valence-corrected chi connectivity index (χ1v) is 6.44. The summed E-state index contributed by atoms with van der Waals surface area (Å²) in [5.41, 5.74) is 6.57. The zero-order valence-corrected chi connectivity index (χ0v) is 10.9. The molecule has 2 N–H and O–H groups in total. The summed E-state index contributed by atoms with van der Waals surface area (Å²) in [6.07, 6.45) is 0. The Morgan fingerprint density at radius 1 is 1.33 bits per heavy atom. The van der Waals surface area contributed by atoms with Crippen molar-refractivity contribution in [3.63, 3.8) is 0 Å². The molecule has 0 aliphatic rings. The molecule has 0 saturated carbocycles. The average molecular weight is 262 g/mol. The van der Waals surface area contributed by atoms with E-state index in [1.807, 2.05) is 37.3 Å². The van der Waals surface area contributed by atoms with Gasteiger partial charge in [0.1, 0.15) is 0 Å². The second-order valence-electron chi connectivity index (χ2n) is 3.75. The number of carbonyl (C=O) groups excluding carboxylic acids is 1. The zero-order chi connectivity index (χ0) is 13.0. The van der Waals surface area contributed by atoms with Crippen LogP contribution >= 0.6 is 11.3 Å². The maximum atomic E-state index is 12.2. The molecule has 0 unspecified atom stereocenters. The lowest BCUT2D eigenvalue weighted by Crippen LogP contribution is -2.30. The van der Waals surface area contributed by atoms with Crippen LogP contribution in [0, 0.1) is 0 Å². The van der Waals surface area contributed by atoms with Crippen molar-refractivity contribution in [2.24, 2.45) is 0 Å². The number of benzene rings is 1. The number of rotatable bonds is 4. The summed E-state index contributed by atoms with van der Waals surface area (Å²) in [5.74, 6) is -0.129. The number of amides is 1. The van der Waals surface area contributed by atoms with E-state index >= 15 is 0 Å².